The van der Waals surface area contributed by atoms with Crippen LogP contribution in [0.5, 0.6) is 0 Å². The van der Waals surface area contributed by atoms with Crippen LogP contribution in [0.15, 0.2) is 30.4 Å². The first kappa shape index (κ1) is 18.9. The Balaban J connectivity index is 1.32. The standard InChI is InChI=1S/C23H28N2O3/c1-15(17-11-10-16-6-2-3-7-18(16)14-17)24-21(26)12-13-25-22(27)19-8-4-5-9-20(19)23(25)28/h4-5,10-11,14-15,19-20H,2-3,6-9,12-13H2,1H3,(H,24,26)/t15-,19-,20+/m1/s1. The van der Waals surface area contributed by atoms with Crippen LogP contribution in [0, 0.1) is 11.8 Å². The number of allylic oxidation sites excluding steroid dienone is 2. The van der Waals surface area contributed by atoms with Crippen LogP contribution in [0.1, 0.15) is 61.8 Å². The summed E-state index contributed by atoms with van der Waals surface area (Å²) in [6, 6.07) is 6.41. The SMILES string of the molecule is C[C@@H](NC(=O)CCN1C(=O)[C@H]2CC=CC[C@H]2C1=O)c1ccc2c(c1)CCCC2. The van der Waals surface area contributed by atoms with E-state index >= 15 is 0 Å². The van der Waals surface area contributed by atoms with Gasteiger partial charge < -0.3 is 5.32 Å². The van der Waals surface area contributed by atoms with Gasteiger partial charge in [-0.2, -0.15) is 0 Å². The summed E-state index contributed by atoms with van der Waals surface area (Å²) in [5.41, 5.74) is 3.93. The van der Waals surface area contributed by atoms with Crippen molar-refractivity contribution in [3.05, 3.63) is 47.0 Å². The van der Waals surface area contributed by atoms with E-state index in [1.807, 2.05) is 19.1 Å². The van der Waals surface area contributed by atoms with Gasteiger partial charge in [0.15, 0.2) is 0 Å². The van der Waals surface area contributed by atoms with E-state index in [2.05, 4.69) is 23.5 Å². The zero-order chi connectivity index (χ0) is 19.7. The molecule has 1 aromatic rings. The van der Waals surface area contributed by atoms with Crippen LogP contribution in [0.2, 0.25) is 0 Å². The van der Waals surface area contributed by atoms with Crippen molar-refractivity contribution in [3.8, 4) is 0 Å². The van der Waals surface area contributed by atoms with Gasteiger partial charge in [-0.05, 0) is 62.1 Å². The van der Waals surface area contributed by atoms with Crippen molar-refractivity contribution in [2.75, 3.05) is 6.54 Å². The molecule has 5 nitrogen and oxygen atoms in total. The number of nitrogens with one attached hydrogen (secondary N) is 1. The van der Waals surface area contributed by atoms with Crippen LogP contribution < -0.4 is 5.32 Å². The summed E-state index contributed by atoms with van der Waals surface area (Å²) in [7, 11) is 0. The maximum absolute atomic E-state index is 12.5. The molecule has 0 spiro atoms. The van der Waals surface area contributed by atoms with Gasteiger partial charge in [0, 0.05) is 13.0 Å². The summed E-state index contributed by atoms with van der Waals surface area (Å²) < 4.78 is 0. The molecule has 3 amide bonds. The topological polar surface area (TPSA) is 66.5 Å². The molecule has 0 unspecified atom stereocenters. The zero-order valence-electron chi connectivity index (χ0n) is 16.4. The van der Waals surface area contributed by atoms with Gasteiger partial charge in [-0.25, -0.2) is 0 Å². The molecular formula is C23H28N2O3. The minimum atomic E-state index is -0.227. The van der Waals surface area contributed by atoms with Crippen LogP contribution in [-0.2, 0) is 27.2 Å². The number of hydrogen-bond acceptors (Lipinski definition) is 3. The lowest BCUT2D eigenvalue weighted by Gasteiger charge is -2.20. The molecular weight excluding hydrogens is 352 g/mol. The average molecular weight is 380 g/mol. The Bertz CT molecular complexity index is 803. The smallest absolute Gasteiger partial charge is 0.233 e. The number of fused-ring (bicyclic) bond motifs is 2. The Morgan fingerprint density at radius 3 is 2.39 bits per heavy atom. The van der Waals surface area contributed by atoms with Crippen LogP contribution in [0.4, 0.5) is 0 Å². The molecule has 1 fully saturated rings. The van der Waals surface area contributed by atoms with Crippen molar-refractivity contribution in [1.82, 2.24) is 10.2 Å². The fraction of sp³-hybridized carbons (Fsp3) is 0.522. The second kappa shape index (κ2) is 7.90. The van der Waals surface area contributed by atoms with E-state index in [1.54, 1.807) is 0 Å². The summed E-state index contributed by atoms with van der Waals surface area (Å²) in [4.78, 5) is 38.7. The normalized spacial score (nSPS) is 24.7. The molecule has 3 atom stereocenters. The van der Waals surface area contributed by atoms with Crippen molar-refractivity contribution in [3.63, 3.8) is 0 Å². The Kier molecular flexibility index (Phi) is 5.33. The van der Waals surface area contributed by atoms with Gasteiger partial charge in [0.1, 0.15) is 0 Å². The number of amides is 3. The first-order valence-corrected chi connectivity index (χ1v) is 10.5. The van der Waals surface area contributed by atoms with Gasteiger partial charge >= 0.3 is 0 Å². The molecule has 1 aromatic carbocycles. The number of carbonyl (C=O) groups excluding carboxylic acids is 3. The van der Waals surface area contributed by atoms with E-state index in [9.17, 15) is 14.4 Å². The summed E-state index contributed by atoms with van der Waals surface area (Å²) in [6.07, 6.45) is 10.1. The molecule has 1 saturated heterocycles. The highest BCUT2D eigenvalue weighted by molar-refractivity contribution is 6.05. The Hall–Kier alpha value is -2.43. The highest BCUT2D eigenvalue weighted by atomic mass is 16.2. The zero-order valence-corrected chi connectivity index (χ0v) is 16.4. The molecule has 4 rings (SSSR count). The third kappa shape index (κ3) is 3.62. The molecule has 3 aliphatic rings. The number of hydrogen-bond donors (Lipinski definition) is 1. The third-order valence-corrected chi connectivity index (χ3v) is 6.41. The number of rotatable bonds is 5. The Morgan fingerprint density at radius 2 is 1.71 bits per heavy atom. The molecule has 0 radical (unpaired) electrons. The Labute approximate surface area is 166 Å². The molecule has 1 aliphatic heterocycles. The highest BCUT2D eigenvalue weighted by Crippen LogP contribution is 2.35. The number of aryl methyl sites for hydroxylation is 2. The number of imide groups is 1. The van der Waals surface area contributed by atoms with E-state index in [-0.39, 0.29) is 48.6 Å². The molecule has 1 N–H and O–H groups in total. The monoisotopic (exact) mass is 380 g/mol. The van der Waals surface area contributed by atoms with Crippen LogP contribution in [0.25, 0.3) is 0 Å². The number of likely N-dealkylation sites (tertiary alicyclic amines) is 1. The van der Waals surface area contributed by atoms with Gasteiger partial charge in [-0.3, -0.25) is 19.3 Å². The fourth-order valence-corrected chi connectivity index (χ4v) is 4.72. The number of nitrogens with zero attached hydrogens (tertiary/aromatic N) is 1. The van der Waals surface area contributed by atoms with Gasteiger partial charge in [-0.15, -0.1) is 0 Å². The minimum Gasteiger partial charge on any atom is -0.350 e. The van der Waals surface area contributed by atoms with E-state index in [0.717, 1.165) is 18.4 Å². The van der Waals surface area contributed by atoms with Crippen molar-refractivity contribution in [2.24, 2.45) is 11.8 Å². The minimum absolute atomic E-state index is 0.0866. The predicted molar refractivity (Wildman–Crippen MR) is 106 cm³/mol. The van der Waals surface area contributed by atoms with E-state index in [0.29, 0.717) is 12.8 Å². The van der Waals surface area contributed by atoms with Crippen molar-refractivity contribution in [2.45, 2.75) is 57.9 Å². The molecule has 0 aromatic heterocycles. The maximum atomic E-state index is 12.5. The van der Waals surface area contributed by atoms with E-state index < -0.39 is 0 Å². The molecule has 148 valence electrons. The lowest BCUT2D eigenvalue weighted by Crippen LogP contribution is -2.36. The van der Waals surface area contributed by atoms with Crippen molar-refractivity contribution in [1.29, 1.82) is 0 Å². The summed E-state index contributed by atoms with van der Waals surface area (Å²) in [5, 5.41) is 3.02. The summed E-state index contributed by atoms with van der Waals surface area (Å²) in [5.74, 6) is -0.812. The van der Waals surface area contributed by atoms with Gasteiger partial charge in [0.25, 0.3) is 0 Å². The van der Waals surface area contributed by atoms with Gasteiger partial charge in [0.2, 0.25) is 17.7 Å². The fourth-order valence-electron chi connectivity index (χ4n) is 4.72. The largest absolute Gasteiger partial charge is 0.350 e. The summed E-state index contributed by atoms with van der Waals surface area (Å²) in [6.45, 7) is 2.16. The number of benzene rings is 1. The predicted octanol–water partition coefficient (Wildman–Crippen LogP) is 3.08. The first-order chi connectivity index (χ1) is 13.5. The first-order valence-electron chi connectivity index (χ1n) is 10.5. The van der Waals surface area contributed by atoms with E-state index in [4.69, 9.17) is 0 Å². The molecule has 2 aliphatic carbocycles. The van der Waals surface area contributed by atoms with Crippen molar-refractivity contribution < 1.29 is 14.4 Å². The second-order valence-corrected chi connectivity index (χ2v) is 8.26. The van der Waals surface area contributed by atoms with E-state index in [1.165, 1.54) is 28.9 Å². The second-order valence-electron chi connectivity index (χ2n) is 8.26. The van der Waals surface area contributed by atoms with Gasteiger partial charge in [0.05, 0.1) is 17.9 Å². The molecule has 0 saturated carbocycles. The van der Waals surface area contributed by atoms with Crippen molar-refractivity contribution >= 4 is 17.7 Å². The van der Waals surface area contributed by atoms with Crippen LogP contribution in [0.3, 0.4) is 0 Å². The lowest BCUT2D eigenvalue weighted by molar-refractivity contribution is -0.140. The lowest BCUT2D eigenvalue weighted by atomic mass is 9.85. The van der Waals surface area contributed by atoms with Crippen LogP contribution in [-0.4, -0.2) is 29.2 Å². The Morgan fingerprint density at radius 1 is 1.07 bits per heavy atom. The molecule has 5 heteroatoms. The third-order valence-electron chi connectivity index (χ3n) is 6.41. The van der Waals surface area contributed by atoms with Gasteiger partial charge in [-0.1, -0.05) is 30.4 Å². The number of carbonyl (C=O) groups is 3. The maximum Gasteiger partial charge on any atom is 0.233 e. The molecule has 0 bridgehead atoms. The molecule has 1 heterocycles. The molecule has 28 heavy (non-hydrogen) atoms. The quantitative estimate of drug-likeness (QED) is 0.631. The summed E-state index contributed by atoms with van der Waals surface area (Å²) >= 11 is 0. The van der Waals surface area contributed by atoms with Crippen LogP contribution >= 0.6 is 0 Å². The average Bonchev–Trinajstić information content (AvgIpc) is 2.96. The highest BCUT2D eigenvalue weighted by Gasteiger charge is 2.46.